The summed E-state index contributed by atoms with van der Waals surface area (Å²) in [7, 11) is 1.95. The minimum Gasteiger partial charge on any atom is -0.491 e. The summed E-state index contributed by atoms with van der Waals surface area (Å²) >= 11 is 0. The molecule has 1 atom stereocenters. The van der Waals surface area contributed by atoms with Crippen LogP contribution in [0.25, 0.3) is 0 Å². The molecule has 1 aromatic carbocycles. The highest BCUT2D eigenvalue weighted by molar-refractivity contribution is 5.29. The Morgan fingerprint density at radius 1 is 1.24 bits per heavy atom. The maximum Gasteiger partial charge on any atom is 0.119 e. The van der Waals surface area contributed by atoms with E-state index in [9.17, 15) is 0 Å². The zero-order valence-corrected chi connectivity index (χ0v) is 10.9. The van der Waals surface area contributed by atoms with Crippen LogP contribution >= 0.6 is 0 Å². The van der Waals surface area contributed by atoms with E-state index < -0.39 is 0 Å². The van der Waals surface area contributed by atoms with E-state index in [-0.39, 0.29) is 12.7 Å². The predicted molar refractivity (Wildman–Crippen MR) is 70.3 cm³/mol. The first kappa shape index (κ1) is 14.0. The van der Waals surface area contributed by atoms with Crippen molar-refractivity contribution in [3.8, 4) is 5.75 Å². The Bertz CT molecular complexity index is 309. The molecule has 0 spiro atoms. The molecule has 3 nitrogen and oxygen atoms in total. The van der Waals surface area contributed by atoms with E-state index in [0.29, 0.717) is 6.04 Å². The van der Waals surface area contributed by atoms with Gasteiger partial charge in [0.25, 0.3) is 0 Å². The normalized spacial score (nSPS) is 12.8. The molecular formula is C14H23NO2. The number of nitrogens with one attached hydrogen (secondary N) is 1. The molecule has 0 aliphatic carbocycles. The van der Waals surface area contributed by atoms with E-state index in [1.807, 2.05) is 33.0 Å². The summed E-state index contributed by atoms with van der Waals surface area (Å²) in [6.45, 7) is 4.28. The second kappa shape index (κ2) is 7.30. The van der Waals surface area contributed by atoms with Gasteiger partial charge in [-0.25, -0.2) is 0 Å². The van der Waals surface area contributed by atoms with Crippen molar-refractivity contribution in [2.24, 2.45) is 0 Å². The number of rotatable bonds is 7. The highest BCUT2D eigenvalue weighted by atomic mass is 16.5. The van der Waals surface area contributed by atoms with Crippen molar-refractivity contribution in [1.29, 1.82) is 0 Å². The first-order chi connectivity index (χ1) is 8.17. The van der Waals surface area contributed by atoms with Crippen molar-refractivity contribution in [1.82, 2.24) is 5.32 Å². The summed E-state index contributed by atoms with van der Waals surface area (Å²) in [6, 6.07) is 8.46. The van der Waals surface area contributed by atoms with Gasteiger partial charge in [0.05, 0.1) is 6.10 Å². The van der Waals surface area contributed by atoms with Crippen LogP contribution in [0.3, 0.4) is 0 Å². The van der Waals surface area contributed by atoms with Gasteiger partial charge in [0.2, 0.25) is 0 Å². The average molecular weight is 237 g/mol. The molecular weight excluding hydrogens is 214 g/mol. The molecule has 3 heteroatoms. The first-order valence-electron chi connectivity index (χ1n) is 6.22. The number of benzene rings is 1. The third kappa shape index (κ3) is 4.75. The molecule has 0 aliphatic rings. The highest BCUT2D eigenvalue weighted by Gasteiger charge is 2.08. The summed E-state index contributed by atoms with van der Waals surface area (Å²) in [6.07, 6.45) is 1.96. The predicted octanol–water partition coefficient (Wildman–Crippen LogP) is 2.51. The number of aliphatic hydroxyl groups excluding tert-OH is 1. The Balaban J connectivity index is 2.64. The molecule has 0 heterocycles. The zero-order valence-electron chi connectivity index (χ0n) is 10.9. The SMILES string of the molecule is CNC(CCCO)c1ccc(OC(C)C)cc1. The standard InChI is InChI=1S/C14H23NO2/c1-11(2)17-13-8-6-12(7-9-13)14(15-3)5-4-10-16/h6-9,11,14-16H,4-5,10H2,1-3H3. The second-order valence-electron chi connectivity index (χ2n) is 4.44. The summed E-state index contributed by atoms with van der Waals surface area (Å²) < 4.78 is 5.60. The summed E-state index contributed by atoms with van der Waals surface area (Å²) in [4.78, 5) is 0. The van der Waals surface area contributed by atoms with Crippen LogP contribution in [0.2, 0.25) is 0 Å². The molecule has 0 saturated carbocycles. The maximum absolute atomic E-state index is 8.85. The van der Waals surface area contributed by atoms with Crippen molar-refractivity contribution < 1.29 is 9.84 Å². The summed E-state index contributed by atoms with van der Waals surface area (Å²) in [5.74, 6) is 0.903. The molecule has 0 radical (unpaired) electrons. The molecule has 1 unspecified atom stereocenters. The van der Waals surface area contributed by atoms with Crippen molar-refractivity contribution in [3.63, 3.8) is 0 Å². The molecule has 0 fully saturated rings. The lowest BCUT2D eigenvalue weighted by atomic mass is 10.0. The Morgan fingerprint density at radius 3 is 2.35 bits per heavy atom. The molecule has 17 heavy (non-hydrogen) atoms. The second-order valence-corrected chi connectivity index (χ2v) is 4.44. The van der Waals surface area contributed by atoms with E-state index in [2.05, 4.69) is 17.4 Å². The van der Waals surface area contributed by atoms with Gasteiger partial charge in [-0.15, -0.1) is 0 Å². The van der Waals surface area contributed by atoms with Gasteiger partial charge in [0, 0.05) is 12.6 Å². The molecule has 0 aliphatic heterocycles. The van der Waals surface area contributed by atoms with Gasteiger partial charge in [-0.2, -0.15) is 0 Å². The van der Waals surface area contributed by atoms with Gasteiger partial charge < -0.3 is 15.2 Å². The lowest BCUT2D eigenvalue weighted by molar-refractivity contribution is 0.242. The van der Waals surface area contributed by atoms with E-state index in [4.69, 9.17) is 9.84 Å². The molecule has 96 valence electrons. The van der Waals surface area contributed by atoms with Crippen LogP contribution in [0.1, 0.15) is 38.3 Å². The summed E-state index contributed by atoms with van der Waals surface area (Å²) in [5.41, 5.74) is 1.23. The van der Waals surface area contributed by atoms with Crippen LogP contribution in [-0.4, -0.2) is 24.9 Å². The molecule has 0 amide bonds. The number of ether oxygens (including phenoxy) is 1. The molecule has 0 aromatic heterocycles. The zero-order chi connectivity index (χ0) is 12.7. The van der Waals surface area contributed by atoms with Crippen LogP contribution in [0.15, 0.2) is 24.3 Å². The van der Waals surface area contributed by atoms with Crippen molar-refractivity contribution in [3.05, 3.63) is 29.8 Å². The lowest BCUT2D eigenvalue weighted by Crippen LogP contribution is -2.16. The van der Waals surface area contributed by atoms with Gasteiger partial charge >= 0.3 is 0 Å². The van der Waals surface area contributed by atoms with Crippen LogP contribution in [0, 0.1) is 0 Å². The smallest absolute Gasteiger partial charge is 0.119 e. The van der Waals surface area contributed by atoms with Crippen molar-refractivity contribution >= 4 is 0 Å². The van der Waals surface area contributed by atoms with Crippen LogP contribution in [0.5, 0.6) is 5.75 Å². The van der Waals surface area contributed by atoms with Gasteiger partial charge in [0.15, 0.2) is 0 Å². The molecule has 2 N–H and O–H groups in total. The Labute approximate surface area is 104 Å². The van der Waals surface area contributed by atoms with Gasteiger partial charge in [-0.05, 0) is 51.4 Å². The fraction of sp³-hybridized carbons (Fsp3) is 0.571. The number of hydrogen-bond acceptors (Lipinski definition) is 3. The minimum atomic E-state index is 0.204. The lowest BCUT2D eigenvalue weighted by Gasteiger charge is -2.17. The average Bonchev–Trinajstić information content (AvgIpc) is 2.31. The minimum absolute atomic E-state index is 0.204. The maximum atomic E-state index is 8.85. The topological polar surface area (TPSA) is 41.5 Å². The van der Waals surface area contributed by atoms with Crippen LogP contribution in [-0.2, 0) is 0 Å². The van der Waals surface area contributed by atoms with E-state index in [1.165, 1.54) is 5.56 Å². The first-order valence-corrected chi connectivity index (χ1v) is 6.22. The van der Waals surface area contributed by atoms with Crippen molar-refractivity contribution in [2.45, 2.75) is 38.8 Å². The van der Waals surface area contributed by atoms with Gasteiger partial charge in [-0.3, -0.25) is 0 Å². The number of hydrogen-bond donors (Lipinski definition) is 2. The molecule has 0 bridgehead atoms. The van der Waals surface area contributed by atoms with Gasteiger partial charge in [0.1, 0.15) is 5.75 Å². The Hall–Kier alpha value is -1.06. The fourth-order valence-electron chi connectivity index (χ4n) is 1.82. The largest absolute Gasteiger partial charge is 0.491 e. The summed E-state index contributed by atoms with van der Waals surface area (Å²) in [5, 5.41) is 12.1. The van der Waals surface area contributed by atoms with Crippen LogP contribution in [0.4, 0.5) is 0 Å². The van der Waals surface area contributed by atoms with E-state index in [0.717, 1.165) is 18.6 Å². The quantitative estimate of drug-likeness (QED) is 0.765. The van der Waals surface area contributed by atoms with Crippen molar-refractivity contribution in [2.75, 3.05) is 13.7 Å². The Morgan fingerprint density at radius 2 is 1.88 bits per heavy atom. The number of aliphatic hydroxyl groups is 1. The Kier molecular flexibility index (Phi) is 6.01. The van der Waals surface area contributed by atoms with E-state index >= 15 is 0 Å². The van der Waals surface area contributed by atoms with Gasteiger partial charge in [-0.1, -0.05) is 12.1 Å². The third-order valence-electron chi connectivity index (χ3n) is 2.65. The fourth-order valence-corrected chi connectivity index (χ4v) is 1.82. The third-order valence-corrected chi connectivity index (χ3v) is 2.65. The molecule has 1 aromatic rings. The van der Waals surface area contributed by atoms with Crippen LogP contribution < -0.4 is 10.1 Å². The highest BCUT2D eigenvalue weighted by Crippen LogP contribution is 2.21. The molecule has 1 rings (SSSR count). The van der Waals surface area contributed by atoms with E-state index in [1.54, 1.807) is 0 Å². The molecule has 0 saturated heterocycles. The monoisotopic (exact) mass is 237 g/mol.